The maximum atomic E-state index is 5.88. The first kappa shape index (κ1) is 17.3. The lowest BCUT2D eigenvalue weighted by Crippen LogP contribution is -2.16. The molecule has 7 nitrogen and oxygen atoms in total. The van der Waals surface area contributed by atoms with E-state index in [0.29, 0.717) is 5.95 Å². The number of para-hydroxylation sites is 1. The molecule has 1 aromatic heterocycles. The Morgan fingerprint density at radius 1 is 1.16 bits per heavy atom. The highest BCUT2D eigenvalue weighted by atomic mass is 16.5. The predicted octanol–water partition coefficient (Wildman–Crippen LogP) is 1.42. The largest absolute Gasteiger partial charge is 0.493 e. The molecule has 0 bridgehead atoms. The lowest BCUT2D eigenvalue weighted by atomic mass is 10.1. The zero-order valence-corrected chi connectivity index (χ0v) is 14.8. The van der Waals surface area contributed by atoms with Crippen LogP contribution < -0.4 is 25.8 Å². The van der Waals surface area contributed by atoms with E-state index in [9.17, 15) is 0 Å². The van der Waals surface area contributed by atoms with Crippen LogP contribution in [0.4, 0.5) is 11.8 Å². The molecule has 3 rings (SSSR count). The topological polar surface area (TPSA) is 94.3 Å². The van der Waals surface area contributed by atoms with Gasteiger partial charge in [0.05, 0.1) is 19.9 Å². The Balaban J connectivity index is 1.74. The van der Waals surface area contributed by atoms with E-state index in [-0.39, 0.29) is 0 Å². The molecule has 7 heteroatoms. The number of hydrogen-bond donors (Lipinski definition) is 3. The van der Waals surface area contributed by atoms with Crippen LogP contribution in [0, 0.1) is 0 Å². The van der Waals surface area contributed by atoms with Gasteiger partial charge in [0.2, 0.25) is 5.95 Å². The lowest BCUT2D eigenvalue weighted by molar-refractivity contribution is 0.352. The summed E-state index contributed by atoms with van der Waals surface area (Å²) in [6.07, 6.45) is 2.57. The SMILES string of the molecule is COc1cccc(CCNc2nc(N)nc3c2CCNCC3)c1OC. The van der Waals surface area contributed by atoms with Crippen LogP contribution in [-0.4, -0.2) is 43.8 Å². The van der Waals surface area contributed by atoms with Crippen molar-refractivity contribution >= 4 is 11.8 Å². The summed E-state index contributed by atoms with van der Waals surface area (Å²) < 4.78 is 10.8. The van der Waals surface area contributed by atoms with Crippen molar-refractivity contribution in [3.63, 3.8) is 0 Å². The Morgan fingerprint density at radius 2 is 2.00 bits per heavy atom. The average Bonchev–Trinajstić information content (AvgIpc) is 2.86. The number of methoxy groups -OCH3 is 2. The summed E-state index contributed by atoms with van der Waals surface area (Å²) in [4.78, 5) is 8.81. The van der Waals surface area contributed by atoms with Crippen molar-refractivity contribution in [1.29, 1.82) is 0 Å². The lowest BCUT2D eigenvalue weighted by Gasteiger charge is -2.15. The summed E-state index contributed by atoms with van der Waals surface area (Å²) in [6, 6.07) is 5.91. The Morgan fingerprint density at radius 3 is 2.80 bits per heavy atom. The van der Waals surface area contributed by atoms with Crippen molar-refractivity contribution < 1.29 is 9.47 Å². The van der Waals surface area contributed by atoms with E-state index < -0.39 is 0 Å². The van der Waals surface area contributed by atoms with Gasteiger partial charge in [-0.1, -0.05) is 12.1 Å². The van der Waals surface area contributed by atoms with Crippen LogP contribution >= 0.6 is 0 Å². The number of ether oxygens (including phenoxy) is 2. The van der Waals surface area contributed by atoms with Crippen LogP contribution in [0.3, 0.4) is 0 Å². The number of nitrogens with zero attached hydrogens (tertiary/aromatic N) is 2. The molecule has 134 valence electrons. The van der Waals surface area contributed by atoms with Crippen LogP contribution in [0.5, 0.6) is 11.5 Å². The molecule has 2 aromatic rings. The van der Waals surface area contributed by atoms with E-state index in [4.69, 9.17) is 15.2 Å². The summed E-state index contributed by atoms with van der Waals surface area (Å²) in [5, 5.41) is 6.81. The van der Waals surface area contributed by atoms with Crippen molar-refractivity contribution in [2.45, 2.75) is 19.3 Å². The fourth-order valence-electron chi connectivity index (χ4n) is 3.18. The number of hydrogen-bond acceptors (Lipinski definition) is 7. The number of nitrogen functional groups attached to an aromatic ring is 1. The van der Waals surface area contributed by atoms with E-state index >= 15 is 0 Å². The third-order valence-electron chi connectivity index (χ3n) is 4.37. The zero-order chi connectivity index (χ0) is 17.6. The number of fused-ring (bicyclic) bond motifs is 1. The van der Waals surface area contributed by atoms with Crippen LogP contribution in [-0.2, 0) is 19.3 Å². The number of rotatable bonds is 6. The highest BCUT2D eigenvalue weighted by Crippen LogP contribution is 2.31. The zero-order valence-electron chi connectivity index (χ0n) is 14.8. The van der Waals surface area contributed by atoms with Crippen molar-refractivity contribution in [1.82, 2.24) is 15.3 Å². The molecule has 0 fully saturated rings. The monoisotopic (exact) mass is 343 g/mol. The van der Waals surface area contributed by atoms with E-state index in [1.54, 1.807) is 14.2 Å². The van der Waals surface area contributed by atoms with Gasteiger partial charge in [-0.3, -0.25) is 0 Å². The Bertz CT molecular complexity index is 736. The molecular formula is C18H25N5O2. The Kier molecular flexibility index (Phi) is 5.55. The number of nitrogens with one attached hydrogen (secondary N) is 2. The fraction of sp³-hybridized carbons (Fsp3) is 0.444. The van der Waals surface area contributed by atoms with Gasteiger partial charge in [-0.2, -0.15) is 4.98 Å². The second-order valence-electron chi connectivity index (χ2n) is 5.94. The predicted molar refractivity (Wildman–Crippen MR) is 98.5 cm³/mol. The summed E-state index contributed by atoms with van der Waals surface area (Å²) in [5.41, 5.74) is 9.17. The standard InChI is InChI=1S/C18H25N5O2/c1-24-15-5-3-4-12(16(15)25-2)6-11-21-17-13-7-9-20-10-8-14(13)22-18(19)23-17/h3-5,20H,6-11H2,1-2H3,(H3,19,21,22,23). The van der Waals surface area contributed by atoms with Gasteiger partial charge in [-0.05, 0) is 31.0 Å². The Labute approximate surface area is 148 Å². The molecule has 4 N–H and O–H groups in total. The molecule has 0 aliphatic carbocycles. The number of aromatic nitrogens is 2. The normalized spacial score (nSPS) is 13.7. The van der Waals surface area contributed by atoms with Crippen molar-refractivity contribution in [2.24, 2.45) is 0 Å². The highest BCUT2D eigenvalue weighted by molar-refractivity contribution is 5.51. The third-order valence-corrected chi connectivity index (χ3v) is 4.37. The molecule has 2 heterocycles. The molecule has 1 aliphatic rings. The van der Waals surface area contributed by atoms with Gasteiger partial charge < -0.3 is 25.8 Å². The fourth-order valence-corrected chi connectivity index (χ4v) is 3.18. The second-order valence-corrected chi connectivity index (χ2v) is 5.94. The quantitative estimate of drug-likeness (QED) is 0.730. The maximum absolute atomic E-state index is 5.88. The van der Waals surface area contributed by atoms with E-state index in [0.717, 1.165) is 73.0 Å². The highest BCUT2D eigenvalue weighted by Gasteiger charge is 2.16. The summed E-state index contributed by atoms with van der Waals surface area (Å²) in [6.45, 7) is 2.57. The van der Waals surface area contributed by atoms with Crippen LogP contribution in [0.25, 0.3) is 0 Å². The minimum absolute atomic E-state index is 0.321. The summed E-state index contributed by atoms with van der Waals surface area (Å²) in [5.74, 6) is 2.68. The Hall–Kier alpha value is -2.54. The van der Waals surface area contributed by atoms with E-state index in [1.807, 2.05) is 18.2 Å². The first-order valence-corrected chi connectivity index (χ1v) is 8.52. The number of anilines is 2. The van der Waals surface area contributed by atoms with Crippen LogP contribution in [0.1, 0.15) is 16.8 Å². The minimum Gasteiger partial charge on any atom is -0.493 e. The smallest absolute Gasteiger partial charge is 0.222 e. The van der Waals surface area contributed by atoms with Crippen molar-refractivity contribution in [3.8, 4) is 11.5 Å². The second kappa shape index (κ2) is 8.02. The van der Waals surface area contributed by atoms with Gasteiger partial charge in [0.25, 0.3) is 0 Å². The van der Waals surface area contributed by atoms with Crippen molar-refractivity contribution in [3.05, 3.63) is 35.0 Å². The number of benzene rings is 1. The molecule has 0 saturated carbocycles. The molecule has 0 unspecified atom stereocenters. The molecule has 0 saturated heterocycles. The first-order valence-electron chi connectivity index (χ1n) is 8.52. The molecule has 25 heavy (non-hydrogen) atoms. The molecule has 1 aliphatic heterocycles. The van der Waals surface area contributed by atoms with Gasteiger partial charge in [0.15, 0.2) is 11.5 Å². The molecule has 0 radical (unpaired) electrons. The number of nitrogens with two attached hydrogens (primary N) is 1. The summed E-state index contributed by atoms with van der Waals surface area (Å²) in [7, 11) is 3.31. The maximum Gasteiger partial charge on any atom is 0.222 e. The summed E-state index contributed by atoms with van der Waals surface area (Å²) >= 11 is 0. The first-order chi connectivity index (χ1) is 12.2. The van der Waals surface area contributed by atoms with Gasteiger partial charge in [0.1, 0.15) is 5.82 Å². The van der Waals surface area contributed by atoms with E-state index in [2.05, 4.69) is 20.6 Å². The molecule has 1 aromatic carbocycles. The van der Waals surface area contributed by atoms with Crippen LogP contribution in [0.15, 0.2) is 18.2 Å². The van der Waals surface area contributed by atoms with Crippen molar-refractivity contribution in [2.75, 3.05) is 44.9 Å². The van der Waals surface area contributed by atoms with Gasteiger partial charge >= 0.3 is 0 Å². The van der Waals surface area contributed by atoms with Gasteiger partial charge in [-0.25, -0.2) is 4.98 Å². The third kappa shape index (κ3) is 3.93. The van der Waals surface area contributed by atoms with Gasteiger partial charge in [-0.15, -0.1) is 0 Å². The molecule has 0 amide bonds. The van der Waals surface area contributed by atoms with Gasteiger partial charge in [0, 0.05) is 25.1 Å². The van der Waals surface area contributed by atoms with Crippen LogP contribution in [0.2, 0.25) is 0 Å². The minimum atomic E-state index is 0.321. The average molecular weight is 343 g/mol. The van der Waals surface area contributed by atoms with E-state index in [1.165, 1.54) is 0 Å². The molecule has 0 atom stereocenters. The molecule has 0 spiro atoms. The molecular weight excluding hydrogens is 318 g/mol.